The maximum absolute atomic E-state index is 4.54. The smallest absolute Gasteiger partial charge is 0.152 e. The van der Waals surface area contributed by atoms with E-state index in [0.29, 0.717) is 12.0 Å². The molecule has 0 bridgehead atoms. The monoisotopic (exact) mass is 232 g/mol. The normalized spacial score (nSPS) is 13.2. The average molecular weight is 232 g/mol. The van der Waals surface area contributed by atoms with Crippen molar-refractivity contribution in [3.63, 3.8) is 0 Å². The quantitative estimate of drug-likeness (QED) is 0.881. The Bertz CT molecular complexity index is 501. The fraction of sp³-hybridized carbons (Fsp3) is 0.538. The molecule has 1 atom stereocenters. The molecular weight excluding hydrogens is 212 g/mol. The summed E-state index contributed by atoms with van der Waals surface area (Å²) in [6, 6.07) is 2.54. The Morgan fingerprint density at radius 3 is 2.76 bits per heavy atom. The van der Waals surface area contributed by atoms with Gasteiger partial charge >= 0.3 is 0 Å². The molecule has 1 unspecified atom stereocenters. The molecule has 17 heavy (non-hydrogen) atoms. The van der Waals surface area contributed by atoms with Crippen LogP contribution in [0, 0.1) is 0 Å². The molecule has 0 spiro atoms. The van der Waals surface area contributed by atoms with E-state index >= 15 is 0 Å². The van der Waals surface area contributed by atoms with Crippen molar-refractivity contribution in [2.75, 3.05) is 5.32 Å². The van der Waals surface area contributed by atoms with Crippen LogP contribution in [-0.2, 0) is 0 Å². The molecule has 4 nitrogen and oxygen atoms in total. The molecule has 0 aliphatic rings. The zero-order chi connectivity index (χ0) is 12.4. The Morgan fingerprint density at radius 1 is 1.35 bits per heavy atom. The molecule has 0 aliphatic carbocycles. The molecule has 0 amide bonds. The van der Waals surface area contributed by atoms with Crippen LogP contribution in [0.3, 0.4) is 0 Å². The van der Waals surface area contributed by atoms with E-state index in [2.05, 4.69) is 49.2 Å². The van der Waals surface area contributed by atoms with E-state index in [9.17, 15) is 0 Å². The van der Waals surface area contributed by atoms with Crippen molar-refractivity contribution in [1.82, 2.24) is 14.6 Å². The highest BCUT2D eigenvalue weighted by Crippen LogP contribution is 2.20. The highest BCUT2D eigenvalue weighted by Gasteiger charge is 2.10. The van der Waals surface area contributed by atoms with Gasteiger partial charge in [-0.25, -0.2) is 9.50 Å². The third kappa shape index (κ3) is 2.40. The summed E-state index contributed by atoms with van der Waals surface area (Å²) in [5.74, 6) is 1.35. The fourth-order valence-corrected chi connectivity index (χ4v) is 1.67. The SMILES string of the molecule is CCC(C)Nc1nccn2nc(C(C)C)cc12. The second-order valence-electron chi connectivity index (χ2n) is 4.78. The summed E-state index contributed by atoms with van der Waals surface area (Å²) in [6.07, 6.45) is 4.76. The molecule has 1 N–H and O–H groups in total. The highest BCUT2D eigenvalue weighted by molar-refractivity contribution is 5.68. The third-order valence-corrected chi connectivity index (χ3v) is 3.00. The summed E-state index contributed by atoms with van der Waals surface area (Å²) >= 11 is 0. The second-order valence-corrected chi connectivity index (χ2v) is 4.78. The predicted molar refractivity (Wildman–Crippen MR) is 70.5 cm³/mol. The first-order chi connectivity index (χ1) is 8.11. The number of hydrogen-bond donors (Lipinski definition) is 1. The standard InChI is InChI=1S/C13H20N4/c1-5-10(4)15-13-12-8-11(9(2)3)16-17(12)7-6-14-13/h6-10H,5H2,1-4H3,(H,14,15). The molecule has 4 heteroatoms. The number of nitrogens with one attached hydrogen (secondary N) is 1. The van der Waals surface area contributed by atoms with Crippen LogP contribution in [0.15, 0.2) is 18.5 Å². The molecule has 2 heterocycles. The van der Waals surface area contributed by atoms with Crippen molar-refractivity contribution in [2.45, 2.75) is 46.1 Å². The van der Waals surface area contributed by atoms with E-state index in [4.69, 9.17) is 0 Å². The van der Waals surface area contributed by atoms with Crippen LogP contribution in [-0.4, -0.2) is 20.6 Å². The lowest BCUT2D eigenvalue weighted by atomic mass is 10.1. The Labute approximate surface area is 102 Å². The van der Waals surface area contributed by atoms with Crippen LogP contribution in [0.25, 0.3) is 5.52 Å². The van der Waals surface area contributed by atoms with Gasteiger partial charge in [0.25, 0.3) is 0 Å². The first kappa shape index (κ1) is 11.9. The van der Waals surface area contributed by atoms with E-state index in [0.717, 1.165) is 23.4 Å². The first-order valence-electron chi connectivity index (χ1n) is 6.22. The lowest BCUT2D eigenvalue weighted by Crippen LogP contribution is -2.15. The van der Waals surface area contributed by atoms with Gasteiger partial charge in [0.1, 0.15) is 5.52 Å². The minimum absolute atomic E-state index is 0.422. The molecule has 0 radical (unpaired) electrons. The first-order valence-corrected chi connectivity index (χ1v) is 6.22. The van der Waals surface area contributed by atoms with Crippen molar-refractivity contribution >= 4 is 11.3 Å². The minimum atomic E-state index is 0.422. The molecule has 0 aromatic carbocycles. The van der Waals surface area contributed by atoms with Crippen molar-refractivity contribution in [1.29, 1.82) is 0 Å². The lowest BCUT2D eigenvalue weighted by Gasteiger charge is -2.12. The molecule has 2 rings (SSSR count). The molecule has 92 valence electrons. The van der Waals surface area contributed by atoms with Crippen molar-refractivity contribution in [3.8, 4) is 0 Å². The number of rotatable bonds is 4. The van der Waals surface area contributed by atoms with Gasteiger partial charge in [-0.2, -0.15) is 5.10 Å². The maximum Gasteiger partial charge on any atom is 0.152 e. The maximum atomic E-state index is 4.54. The van der Waals surface area contributed by atoms with Gasteiger partial charge in [-0.15, -0.1) is 0 Å². The molecule has 2 aromatic rings. The van der Waals surface area contributed by atoms with E-state index < -0.39 is 0 Å². The molecule has 0 aliphatic heterocycles. The van der Waals surface area contributed by atoms with Crippen LogP contribution >= 0.6 is 0 Å². The van der Waals surface area contributed by atoms with Gasteiger partial charge in [0, 0.05) is 18.4 Å². The molecule has 0 saturated heterocycles. The molecule has 0 saturated carbocycles. The minimum Gasteiger partial charge on any atom is -0.366 e. The molecular formula is C13H20N4. The summed E-state index contributed by atoms with van der Waals surface area (Å²) in [7, 11) is 0. The lowest BCUT2D eigenvalue weighted by molar-refractivity contribution is 0.756. The number of aromatic nitrogens is 3. The molecule has 0 fully saturated rings. The number of hydrogen-bond acceptors (Lipinski definition) is 3. The van der Waals surface area contributed by atoms with Crippen LogP contribution in [0.4, 0.5) is 5.82 Å². The fourth-order valence-electron chi connectivity index (χ4n) is 1.67. The van der Waals surface area contributed by atoms with E-state index in [1.807, 2.05) is 10.7 Å². The Kier molecular flexibility index (Phi) is 3.31. The van der Waals surface area contributed by atoms with Gasteiger partial charge in [-0.3, -0.25) is 0 Å². The van der Waals surface area contributed by atoms with E-state index in [1.54, 1.807) is 6.20 Å². The van der Waals surface area contributed by atoms with E-state index in [1.165, 1.54) is 0 Å². The van der Waals surface area contributed by atoms with Crippen molar-refractivity contribution < 1.29 is 0 Å². The van der Waals surface area contributed by atoms with Crippen molar-refractivity contribution in [2.24, 2.45) is 0 Å². The Balaban J connectivity index is 2.42. The van der Waals surface area contributed by atoms with Crippen LogP contribution in [0.5, 0.6) is 0 Å². The highest BCUT2D eigenvalue weighted by atomic mass is 15.2. The Hall–Kier alpha value is -1.58. The van der Waals surface area contributed by atoms with E-state index in [-0.39, 0.29) is 0 Å². The Morgan fingerprint density at radius 2 is 2.12 bits per heavy atom. The van der Waals surface area contributed by atoms with Gasteiger partial charge < -0.3 is 5.32 Å². The number of nitrogens with zero attached hydrogens (tertiary/aromatic N) is 3. The number of anilines is 1. The largest absolute Gasteiger partial charge is 0.366 e. The summed E-state index contributed by atoms with van der Waals surface area (Å²) in [4.78, 5) is 4.40. The average Bonchev–Trinajstić information content (AvgIpc) is 2.74. The van der Waals surface area contributed by atoms with Gasteiger partial charge in [0.15, 0.2) is 5.82 Å². The number of fused-ring (bicyclic) bond motifs is 1. The van der Waals surface area contributed by atoms with Crippen molar-refractivity contribution in [3.05, 3.63) is 24.2 Å². The zero-order valence-corrected chi connectivity index (χ0v) is 10.9. The van der Waals surface area contributed by atoms with Gasteiger partial charge in [0.2, 0.25) is 0 Å². The van der Waals surface area contributed by atoms with Gasteiger partial charge in [-0.1, -0.05) is 20.8 Å². The zero-order valence-electron chi connectivity index (χ0n) is 10.9. The van der Waals surface area contributed by atoms with Crippen LogP contribution < -0.4 is 5.32 Å². The second kappa shape index (κ2) is 4.73. The topological polar surface area (TPSA) is 42.2 Å². The summed E-state index contributed by atoms with van der Waals surface area (Å²) in [6.45, 7) is 8.62. The molecule has 2 aromatic heterocycles. The summed E-state index contributed by atoms with van der Waals surface area (Å²) < 4.78 is 1.90. The predicted octanol–water partition coefficient (Wildman–Crippen LogP) is 3.06. The summed E-state index contributed by atoms with van der Waals surface area (Å²) in [5, 5.41) is 7.96. The third-order valence-electron chi connectivity index (χ3n) is 3.00. The van der Waals surface area contributed by atoms with Gasteiger partial charge in [-0.05, 0) is 25.3 Å². The van der Waals surface area contributed by atoms with Gasteiger partial charge in [0.05, 0.1) is 5.69 Å². The van der Waals surface area contributed by atoms with Crippen LogP contribution in [0.1, 0.15) is 45.7 Å². The van der Waals surface area contributed by atoms with Crippen LogP contribution in [0.2, 0.25) is 0 Å². The summed E-state index contributed by atoms with van der Waals surface area (Å²) in [5.41, 5.74) is 2.15.